The molecule has 3 aliphatic rings. The summed E-state index contributed by atoms with van der Waals surface area (Å²) in [7, 11) is 0. The van der Waals surface area contributed by atoms with Gasteiger partial charge in [0, 0.05) is 0 Å². The molecule has 0 aromatic heterocycles. The summed E-state index contributed by atoms with van der Waals surface area (Å²) < 4.78 is 29.9. The highest BCUT2D eigenvalue weighted by Gasteiger charge is 2.47. The first kappa shape index (κ1) is 19.1. The third kappa shape index (κ3) is 4.19. The van der Waals surface area contributed by atoms with Crippen molar-refractivity contribution in [3.63, 3.8) is 0 Å². The Labute approximate surface area is 153 Å². The van der Waals surface area contributed by atoms with Crippen molar-refractivity contribution in [3.8, 4) is 0 Å². The Morgan fingerprint density at radius 1 is 0.960 bits per heavy atom. The summed E-state index contributed by atoms with van der Waals surface area (Å²) >= 11 is 0. The van der Waals surface area contributed by atoms with Crippen LogP contribution in [-0.4, -0.2) is 11.8 Å². The maximum absolute atomic E-state index is 15.4. The van der Waals surface area contributed by atoms with Gasteiger partial charge in [0.1, 0.15) is 0 Å². The zero-order chi connectivity index (χ0) is 17.9. The molecule has 0 amide bonds. The molecule has 0 aromatic carbocycles. The molecule has 0 aliphatic heterocycles. The minimum Gasteiger partial charge on any atom is -0.239 e. The van der Waals surface area contributed by atoms with Crippen LogP contribution in [0.15, 0.2) is 23.8 Å². The summed E-state index contributed by atoms with van der Waals surface area (Å²) in [5, 5.41) is 0. The minimum atomic E-state index is -1.76. The van der Waals surface area contributed by atoms with Crippen LogP contribution in [0.25, 0.3) is 0 Å². The normalized spacial score (nSPS) is 42.2. The molecule has 0 aromatic rings. The second kappa shape index (κ2) is 8.35. The van der Waals surface area contributed by atoms with Gasteiger partial charge in [-0.05, 0) is 86.3 Å². The van der Waals surface area contributed by atoms with E-state index in [9.17, 15) is 4.39 Å². The van der Waals surface area contributed by atoms with Gasteiger partial charge in [-0.25, -0.2) is 8.78 Å². The molecular weight excluding hydrogens is 314 g/mol. The van der Waals surface area contributed by atoms with Crippen molar-refractivity contribution in [3.05, 3.63) is 23.8 Å². The molecule has 0 radical (unpaired) electrons. The molecule has 2 heteroatoms. The fourth-order valence-electron chi connectivity index (χ4n) is 5.68. The summed E-state index contributed by atoms with van der Waals surface area (Å²) in [6.45, 7) is 4.28. The smallest absolute Gasteiger partial charge is 0.166 e. The van der Waals surface area contributed by atoms with Crippen LogP contribution in [0.5, 0.6) is 0 Å². The van der Waals surface area contributed by atoms with Gasteiger partial charge in [-0.2, -0.15) is 0 Å². The average molecular weight is 351 g/mol. The van der Waals surface area contributed by atoms with Gasteiger partial charge in [-0.15, -0.1) is 0 Å². The van der Waals surface area contributed by atoms with Gasteiger partial charge in [0.05, 0.1) is 0 Å². The highest BCUT2D eigenvalue weighted by Crippen LogP contribution is 2.47. The first-order valence-electron chi connectivity index (χ1n) is 10.8. The van der Waals surface area contributed by atoms with E-state index < -0.39 is 11.8 Å². The lowest BCUT2D eigenvalue weighted by Gasteiger charge is -2.42. The number of rotatable bonds is 5. The van der Waals surface area contributed by atoms with Crippen LogP contribution in [0.2, 0.25) is 0 Å². The predicted octanol–water partition coefficient (Wildman–Crippen LogP) is 7.35. The van der Waals surface area contributed by atoms with Crippen LogP contribution in [0, 0.1) is 23.7 Å². The molecule has 0 bridgehead atoms. The lowest BCUT2D eigenvalue weighted by atomic mass is 9.65. The molecule has 2 saturated carbocycles. The van der Waals surface area contributed by atoms with Crippen LogP contribution in [0.4, 0.5) is 8.78 Å². The molecule has 2 fully saturated rings. The van der Waals surface area contributed by atoms with Gasteiger partial charge in [0.2, 0.25) is 0 Å². The van der Waals surface area contributed by atoms with Gasteiger partial charge in [0.25, 0.3) is 0 Å². The van der Waals surface area contributed by atoms with Crippen LogP contribution < -0.4 is 0 Å². The number of alkyl halides is 2. The Kier molecular flexibility index (Phi) is 6.39. The van der Waals surface area contributed by atoms with E-state index in [2.05, 4.69) is 6.92 Å². The van der Waals surface area contributed by atoms with Crippen molar-refractivity contribution in [2.75, 3.05) is 0 Å². The van der Waals surface area contributed by atoms with E-state index in [4.69, 9.17) is 0 Å². The van der Waals surface area contributed by atoms with Gasteiger partial charge < -0.3 is 0 Å². The van der Waals surface area contributed by atoms with E-state index >= 15 is 4.39 Å². The van der Waals surface area contributed by atoms with Crippen LogP contribution in [0.1, 0.15) is 84.5 Å². The van der Waals surface area contributed by atoms with E-state index in [-0.39, 0.29) is 5.92 Å². The summed E-state index contributed by atoms with van der Waals surface area (Å²) in [6.07, 6.45) is 16.3. The average Bonchev–Trinajstić information content (AvgIpc) is 2.65. The number of hydrogen-bond donors (Lipinski definition) is 0. The molecule has 0 nitrogen and oxygen atoms in total. The Hall–Kier alpha value is -0.660. The van der Waals surface area contributed by atoms with E-state index in [0.29, 0.717) is 0 Å². The molecule has 0 heterocycles. The highest BCUT2D eigenvalue weighted by atomic mass is 19.2. The summed E-state index contributed by atoms with van der Waals surface area (Å²) in [6, 6.07) is 0. The third-order valence-corrected chi connectivity index (χ3v) is 7.40. The topological polar surface area (TPSA) is 0 Å². The van der Waals surface area contributed by atoms with E-state index in [1.807, 2.05) is 13.0 Å². The highest BCUT2D eigenvalue weighted by molar-refractivity contribution is 5.32. The Bertz CT molecular complexity index is 478. The van der Waals surface area contributed by atoms with Gasteiger partial charge in [-0.1, -0.05) is 45.6 Å². The monoisotopic (exact) mass is 350 g/mol. The van der Waals surface area contributed by atoms with Gasteiger partial charge >= 0.3 is 0 Å². The molecule has 142 valence electrons. The van der Waals surface area contributed by atoms with Crippen molar-refractivity contribution >= 4 is 0 Å². The van der Waals surface area contributed by atoms with E-state index in [1.165, 1.54) is 50.7 Å². The third-order valence-electron chi connectivity index (χ3n) is 7.40. The number of halogens is 2. The Morgan fingerprint density at radius 2 is 1.56 bits per heavy atom. The Morgan fingerprint density at radius 3 is 2.08 bits per heavy atom. The SMILES string of the molecule is CCC[C@H]1CC[C@H]([C@H]2CC[C@H](C3(F)C=CC(CC)=CC3F)CC2)CC1. The first-order valence-corrected chi connectivity index (χ1v) is 10.8. The second-order valence-electron chi connectivity index (χ2n) is 8.84. The molecule has 2 unspecified atom stereocenters. The van der Waals surface area contributed by atoms with Crippen molar-refractivity contribution < 1.29 is 8.78 Å². The van der Waals surface area contributed by atoms with Crippen LogP contribution >= 0.6 is 0 Å². The van der Waals surface area contributed by atoms with Crippen molar-refractivity contribution in [2.45, 2.75) is 96.3 Å². The van der Waals surface area contributed by atoms with Crippen LogP contribution in [0.3, 0.4) is 0 Å². The standard InChI is InChI=1S/C23H36F2/c1-3-5-18-6-8-19(9-7-18)20-10-12-21(13-11-20)23(25)15-14-17(4-2)16-22(23)24/h14-16,18-22H,3-13H2,1-2H3/t18-,19-,20-,21-,22?,23?. The molecular formula is C23H36F2. The zero-order valence-electron chi connectivity index (χ0n) is 16.2. The summed E-state index contributed by atoms with van der Waals surface area (Å²) in [5.41, 5.74) is -0.833. The molecule has 0 spiro atoms. The minimum absolute atomic E-state index is 0.138. The van der Waals surface area contributed by atoms with E-state index in [0.717, 1.165) is 55.4 Å². The van der Waals surface area contributed by atoms with Gasteiger partial charge in [0.15, 0.2) is 11.8 Å². The molecule has 3 rings (SSSR count). The maximum atomic E-state index is 15.4. The van der Waals surface area contributed by atoms with E-state index in [1.54, 1.807) is 0 Å². The van der Waals surface area contributed by atoms with Crippen molar-refractivity contribution in [2.24, 2.45) is 23.7 Å². The second-order valence-corrected chi connectivity index (χ2v) is 8.84. The fraction of sp³-hybridized carbons (Fsp3) is 0.826. The molecule has 3 aliphatic carbocycles. The predicted molar refractivity (Wildman–Crippen MR) is 102 cm³/mol. The lowest BCUT2D eigenvalue weighted by Crippen LogP contribution is -2.43. The molecule has 25 heavy (non-hydrogen) atoms. The number of allylic oxidation sites excluding steroid dienone is 4. The largest absolute Gasteiger partial charge is 0.239 e. The molecule has 0 saturated heterocycles. The van der Waals surface area contributed by atoms with Crippen molar-refractivity contribution in [1.82, 2.24) is 0 Å². The summed E-state index contributed by atoms with van der Waals surface area (Å²) in [5.74, 6) is 2.42. The lowest BCUT2D eigenvalue weighted by molar-refractivity contribution is 0.0216. The van der Waals surface area contributed by atoms with Gasteiger partial charge in [-0.3, -0.25) is 0 Å². The van der Waals surface area contributed by atoms with Crippen LogP contribution in [-0.2, 0) is 0 Å². The molecule has 0 N–H and O–H groups in total. The Balaban J connectivity index is 1.51. The number of hydrogen-bond acceptors (Lipinski definition) is 0. The summed E-state index contributed by atoms with van der Waals surface area (Å²) in [4.78, 5) is 0. The quantitative estimate of drug-likeness (QED) is 0.486. The van der Waals surface area contributed by atoms with Crippen molar-refractivity contribution in [1.29, 1.82) is 0 Å². The maximum Gasteiger partial charge on any atom is 0.166 e. The first-order chi connectivity index (χ1) is 12.1. The molecule has 2 atom stereocenters. The zero-order valence-corrected chi connectivity index (χ0v) is 16.2. The fourth-order valence-corrected chi connectivity index (χ4v) is 5.68.